The lowest BCUT2D eigenvalue weighted by molar-refractivity contribution is -0.137. The van der Waals surface area contributed by atoms with Gasteiger partial charge < -0.3 is 4.74 Å². The van der Waals surface area contributed by atoms with E-state index in [4.69, 9.17) is 4.74 Å². The third kappa shape index (κ3) is 4.51. The molecule has 0 spiro atoms. The number of hydrogen-bond donors (Lipinski definition) is 0. The van der Waals surface area contributed by atoms with Crippen molar-refractivity contribution in [3.63, 3.8) is 0 Å². The van der Waals surface area contributed by atoms with Crippen molar-refractivity contribution in [1.82, 2.24) is 0 Å². The van der Waals surface area contributed by atoms with E-state index < -0.39 is 11.7 Å². The van der Waals surface area contributed by atoms with Crippen molar-refractivity contribution < 1.29 is 17.9 Å². The monoisotopic (exact) mass is 244 g/mol. The molecule has 0 aliphatic rings. The first kappa shape index (κ1) is 13.6. The molecule has 1 aromatic carbocycles. The highest BCUT2D eigenvalue weighted by Gasteiger charge is 2.29. The lowest BCUT2D eigenvalue weighted by Gasteiger charge is -2.08. The highest BCUT2D eigenvalue weighted by molar-refractivity contribution is 5.24. The molecule has 0 aromatic heterocycles. The average Bonchev–Trinajstić information content (AvgIpc) is 2.28. The number of hydrogen-bond acceptors (Lipinski definition) is 1. The van der Waals surface area contributed by atoms with Crippen molar-refractivity contribution in [1.29, 1.82) is 0 Å². The highest BCUT2D eigenvalue weighted by Crippen LogP contribution is 2.29. The van der Waals surface area contributed by atoms with Gasteiger partial charge in [0, 0.05) is 6.42 Å². The van der Waals surface area contributed by atoms with Gasteiger partial charge in [-0.15, -0.1) is 0 Å². The molecule has 1 aromatic rings. The van der Waals surface area contributed by atoms with E-state index in [1.54, 1.807) is 7.11 Å². The van der Waals surface area contributed by atoms with Crippen LogP contribution in [-0.2, 0) is 17.3 Å². The first-order chi connectivity index (χ1) is 7.93. The molecule has 1 rings (SSSR count). The van der Waals surface area contributed by atoms with Crippen LogP contribution in [0, 0.1) is 0 Å². The Morgan fingerprint density at radius 1 is 1.24 bits per heavy atom. The second kappa shape index (κ2) is 5.75. The fourth-order valence-corrected chi connectivity index (χ4v) is 1.45. The second-order valence-electron chi connectivity index (χ2n) is 3.79. The lowest BCUT2D eigenvalue weighted by atomic mass is 10.1. The Kier molecular flexibility index (Phi) is 4.61. The molecule has 94 valence electrons. The zero-order valence-corrected chi connectivity index (χ0v) is 9.68. The minimum absolute atomic E-state index is 0.609. The molecule has 0 aliphatic heterocycles. The SMILES string of the molecule is C=C(CCCc1ccc(C(F)(F)F)cc1)OC. The van der Waals surface area contributed by atoms with Crippen LogP contribution >= 0.6 is 0 Å². The van der Waals surface area contributed by atoms with Crippen molar-refractivity contribution in [2.75, 3.05) is 7.11 Å². The number of methoxy groups -OCH3 is 1. The highest BCUT2D eigenvalue weighted by atomic mass is 19.4. The van der Waals surface area contributed by atoms with E-state index in [1.165, 1.54) is 12.1 Å². The van der Waals surface area contributed by atoms with Crippen molar-refractivity contribution in [3.05, 3.63) is 47.7 Å². The largest absolute Gasteiger partial charge is 0.502 e. The summed E-state index contributed by atoms with van der Waals surface area (Å²) in [7, 11) is 1.56. The molecule has 0 fully saturated rings. The number of alkyl halides is 3. The molecular weight excluding hydrogens is 229 g/mol. The average molecular weight is 244 g/mol. The zero-order valence-electron chi connectivity index (χ0n) is 9.68. The molecule has 0 amide bonds. The van der Waals surface area contributed by atoms with Crippen LogP contribution in [0.5, 0.6) is 0 Å². The predicted molar refractivity (Wildman–Crippen MR) is 60.5 cm³/mol. The summed E-state index contributed by atoms with van der Waals surface area (Å²) in [6, 6.07) is 5.25. The topological polar surface area (TPSA) is 9.23 Å². The van der Waals surface area contributed by atoms with E-state index in [0.717, 1.165) is 37.0 Å². The normalized spacial score (nSPS) is 11.3. The second-order valence-corrected chi connectivity index (χ2v) is 3.79. The third-order valence-corrected chi connectivity index (χ3v) is 2.49. The van der Waals surface area contributed by atoms with Crippen LogP contribution in [0.2, 0.25) is 0 Å². The van der Waals surface area contributed by atoms with Crippen molar-refractivity contribution >= 4 is 0 Å². The number of ether oxygens (including phenoxy) is 1. The first-order valence-electron chi connectivity index (χ1n) is 5.31. The molecule has 0 aliphatic carbocycles. The maximum absolute atomic E-state index is 12.3. The smallest absolute Gasteiger partial charge is 0.416 e. The van der Waals surface area contributed by atoms with Gasteiger partial charge in [-0.1, -0.05) is 18.7 Å². The van der Waals surface area contributed by atoms with Gasteiger partial charge in [0.25, 0.3) is 0 Å². The molecule has 1 nitrogen and oxygen atoms in total. The Hall–Kier alpha value is -1.45. The van der Waals surface area contributed by atoms with Crippen LogP contribution in [0.3, 0.4) is 0 Å². The molecule has 17 heavy (non-hydrogen) atoms. The number of halogens is 3. The minimum atomic E-state index is -4.26. The summed E-state index contributed by atoms with van der Waals surface area (Å²) in [5.41, 5.74) is 0.282. The summed E-state index contributed by atoms with van der Waals surface area (Å²) in [5.74, 6) is 0.692. The summed E-state index contributed by atoms with van der Waals surface area (Å²) < 4.78 is 41.8. The van der Waals surface area contributed by atoms with Gasteiger partial charge in [0.2, 0.25) is 0 Å². The van der Waals surface area contributed by atoms with Crippen molar-refractivity contribution in [2.24, 2.45) is 0 Å². The lowest BCUT2D eigenvalue weighted by Crippen LogP contribution is -2.04. The van der Waals surface area contributed by atoms with Crippen LogP contribution in [0.15, 0.2) is 36.6 Å². The van der Waals surface area contributed by atoms with Crippen LogP contribution < -0.4 is 0 Å². The molecule has 0 saturated heterocycles. The van der Waals surface area contributed by atoms with E-state index in [9.17, 15) is 13.2 Å². The van der Waals surface area contributed by atoms with Gasteiger partial charge in [0.05, 0.1) is 18.4 Å². The van der Waals surface area contributed by atoms with Crippen LogP contribution in [-0.4, -0.2) is 7.11 Å². The molecular formula is C13H15F3O. The maximum atomic E-state index is 12.3. The Bertz CT molecular complexity index is 365. The third-order valence-electron chi connectivity index (χ3n) is 2.49. The fourth-order valence-electron chi connectivity index (χ4n) is 1.45. The Balaban J connectivity index is 2.49. The van der Waals surface area contributed by atoms with E-state index >= 15 is 0 Å². The van der Waals surface area contributed by atoms with E-state index in [1.807, 2.05) is 0 Å². The summed E-state index contributed by atoms with van der Waals surface area (Å²) in [6.45, 7) is 3.68. The zero-order chi connectivity index (χ0) is 12.9. The Labute approximate surface area is 98.9 Å². The van der Waals surface area contributed by atoms with Gasteiger partial charge in [-0.05, 0) is 30.5 Å². The van der Waals surface area contributed by atoms with Gasteiger partial charge >= 0.3 is 6.18 Å². The summed E-state index contributed by atoms with van der Waals surface area (Å²) in [6.07, 6.45) is -2.00. The van der Waals surface area contributed by atoms with Gasteiger partial charge in [-0.3, -0.25) is 0 Å². The van der Waals surface area contributed by atoms with Crippen LogP contribution in [0.1, 0.15) is 24.0 Å². The number of benzene rings is 1. The molecule has 0 atom stereocenters. The molecule has 0 heterocycles. The molecule has 0 unspecified atom stereocenters. The van der Waals surface area contributed by atoms with Gasteiger partial charge in [0.1, 0.15) is 0 Å². The summed E-state index contributed by atoms with van der Waals surface area (Å²) in [4.78, 5) is 0. The molecule has 0 N–H and O–H groups in total. The molecule has 0 radical (unpaired) electrons. The van der Waals surface area contributed by atoms with Crippen LogP contribution in [0.4, 0.5) is 13.2 Å². The Morgan fingerprint density at radius 2 is 1.82 bits per heavy atom. The molecule has 4 heteroatoms. The van der Waals surface area contributed by atoms with Crippen LogP contribution in [0.25, 0.3) is 0 Å². The number of allylic oxidation sites excluding steroid dienone is 1. The summed E-state index contributed by atoms with van der Waals surface area (Å²) in [5, 5.41) is 0. The quantitative estimate of drug-likeness (QED) is 0.706. The number of aryl methyl sites for hydroxylation is 1. The van der Waals surface area contributed by atoms with Crippen molar-refractivity contribution in [3.8, 4) is 0 Å². The summed E-state index contributed by atoms with van der Waals surface area (Å²) >= 11 is 0. The first-order valence-corrected chi connectivity index (χ1v) is 5.31. The van der Waals surface area contributed by atoms with E-state index in [2.05, 4.69) is 6.58 Å². The standard InChI is InChI=1S/C13H15F3O/c1-10(17-2)4-3-5-11-6-8-12(9-7-11)13(14,15)16/h6-9H,1,3-5H2,2H3. The van der Waals surface area contributed by atoms with E-state index in [0.29, 0.717) is 5.76 Å². The van der Waals surface area contributed by atoms with Gasteiger partial charge in [-0.25, -0.2) is 0 Å². The van der Waals surface area contributed by atoms with Crippen molar-refractivity contribution in [2.45, 2.75) is 25.4 Å². The fraction of sp³-hybridized carbons (Fsp3) is 0.385. The van der Waals surface area contributed by atoms with E-state index in [-0.39, 0.29) is 0 Å². The predicted octanol–water partition coefficient (Wildman–Crippen LogP) is 4.19. The Morgan fingerprint density at radius 3 is 2.29 bits per heavy atom. The molecule has 0 bridgehead atoms. The maximum Gasteiger partial charge on any atom is 0.416 e. The molecule has 0 saturated carbocycles. The van der Waals surface area contributed by atoms with Gasteiger partial charge in [-0.2, -0.15) is 13.2 Å². The number of rotatable bonds is 5. The minimum Gasteiger partial charge on any atom is -0.502 e. The van der Waals surface area contributed by atoms with Gasteiger partial charge in [0.15, 0.2) is 0 Å².